The Hall–Kier alpha value is -0.370. The molecule has 0 amide bonds. The van der Waals surface area contributed by atoms with E-state index in [-0.39, 0.29) is 5.41 Å². The molecule has 1 aliphatic rings. The SMILES string of the molecule is CCCCCCCCC(=O)C1(C(C)C)CCNC1. The van der Waals surface area contributed by atoms with Crippen molar-refractivity contribution in [1.29, 1.82) is 0 Å². The molecule has 0 aromatic heterocycles. The molecule has 1 rings (SSSR count). The van der Waals surface area contributed by atoms with E-state index in [0.29, 0.717) is 11.7 Å². The highest BCUT2D eigenvalue weighted by Crippen LogP contribution is 2.36. The molecule has 0 radical (unpaired) electrons. The minimum absolute atomic E-state index is 0.0522. The van der Waals surface area contributed by atoms with E-state index in [4.69, 9.17) is 0 Å². The van der Waals surface area contributed by atoms with Gasteiger partial charge in [-0.25, -0.2) is 0 Å². The topological polar surface area (TPSA) is 29.1 Å². The summed E-state index contributed by atoms with van der Waals surface area (Å²) in [5, 5.41) is 3.37. The molecule has 106 valence electrons. The largest absolute Gasteiger partial charge is 0.316 e. The summed E-state index contributed by atoms with van der Waals surface area (Å²) in [4.78, 5) is 12.5. The number of hydrogen-bond donors (Lipinski definition) is 1. The summed E-state index contributed by atoms with van der Waals surface area (Å²) in [7, 11) is 0. The number of rotatable bonds is 9. The average Bonchev–Trinajstić information content (AvgIpc) is 2.84. The lowest BCUT2D eigenvalue weighted by atomic mass is 9.71. The van der Waals surface area contributed by atoms with Gasteiger partial charge in [0, 0.05) is 18.4 Å². The molecule has 1 unspecified atom stereocenters. The van der Waals surface area contributed by atoms with Crippen LogP contribution >= 0.6 is 0 Å². The van der Waals surface area contributed by atoms with Gasteiger partial charge in [0.1, 0.15) is 5.78 Å². The molecule has 2 heteroatoms. The van der Waals surface area contributed by atoms with E-state index in [0.717, 1.165) is 32.4 Å². The van der Waals surface area contributed by atoms with Gasteiger partial charge in [0.2, 0.25) is 0 Å². The molecule has 0 aliphatic carbocycles. The normalized spacial score (nSPS) is 23.8. The molecule has 0 saturated carbocycles. The lowest BCUT2D eigenvalue weighted by molar-refractivity contribution is -0.130. The van der Waals surface area contributed by atoms with E-state index in [1.165, 1.54) is 32.1 Å². The molecule has 2 nitrogen and oxygen atoms in total. The molecular formula is C16H31NO. The van der Waals surface area contributed by atoms with Crippen LogP contribution in [0.25, 0.3) is 0 Å². The van der Waals surface area contributed by atoms with Crippen LogP contribution in [0, 0.1) is 11.3 Å². The number of carbonyl (C=O) groups excluding carboxylic acids is 1. The number of hydrogen-bond acceptors (Lipinski definition) is 2. The molecule has 0 spiro atoms. The van der Waals surface area contributed by atoms with Gasteiger partial charge in [0.15, 0.2) is 0 Å². The summed E-state index contributed by atoms with van der Waals surface area (Å²) in [6, 6.07) is 0. The number of ketones is 1. The molecule has 1 heterocycles. The number of unbranched alkanes of at least 4 members (excludes halogenated alkanes) is 5. The lowest BCUT2D eigenvalue weighted by Gasteiger charge is -2.31. The van der Waals surface area contributed by atoms with Gasteiger partial charge < -0.3 is 5.32 Å². The highest BCUT2D eigenvalue weighted by Gasteiger charge is 2.42. The van der Waals surface area contributed by atoms with Gasteiger partial charge in [0.25, 0.3) is 0 Å². The molecular weight excluding hydrogens is 222 g/mol. The van der Waals surface area contributed by atoms with Crippen LogP contribution in [0.15, 0.2) is 0 Å². The number of nitrogens with one attached hydrogen (secondary N) is 1. The Bertz CT molecular complexity index is 241. The van der Waals surface area contributed by atoms with Crippen molar-refractivity contribution in [1.82, 2.24) is 5.32 Å². The first kappa shape index (κ1) is 15.7. The van der Waals surface area contributed by atoms with Crippen LogP contribution in [0.3, 0.4) is 0 Å². The molecule has 18 heavy (non-hydrogen) atoms. The van der Waals surface area contributed by atoms with Crippen LogP contribution in [0.4, 0.5) is 0 Å². The first-order chi connectivity index (χ1) is 8.63. The third-order valence-corrected chi connectivity index (χ3v) is 4.61. The molecule has 1 atom stereocenters. The van der Waals surface area contributed by atoms with Gasteiger partial charge in [-0.1, -0.05) is 52.9 Å². The van der Waals surface area contributed by atoms with E-state index in [2.05, 4.69) is 26.1 Å². The van der Waals surface area contributed by atoms with E-state index in [1.807, 2.05) is 0 Å². The predicted molar refractivity (Wildman–Crippen MR) is 77.8 cm³/mol. The highest BCUT2D eigenvalue weighted by atomic mass is 16.1. The van der Waals surface area contributed by atoms with Gasteiger partial charge in [-0.3, -0.25) is 4.79 Å². The number of Topliss-reactive ketones (excluding diaryl/α,β-unsaturated/α-hetero) is 1. The third kappa shape index (κ3) is 4.08. The summed E-state index contributed by atoms with van der Waals surface area (Å²) in [6.07, 6.45) is 9.43. The van der Waals surface area contributed by atoms with Crippen LogP contribution in [-0.2, 0) is 4.79 Å². The molecule has 1 N–H and O–H groups in total. The smallest absolute Gasteiger partial charge is 0.140 e. The van der Waals surface area contributed by atoms with Crippen molar-refractivity contribution in [3.63, 3.8) is 0 Å². The maximum absolute atomic E-state index is 12.5. The zero-order valence-corrected chi connectivity index (χ0v) is 12.6. The van der Waals surface area contributed by atoms with Crippen LogP contribution < -0.4 is 5.32 Å². The third-order valence-electron chi connectivity index (χ3n) is 4.61. The second-order valence-corrected chi connectivity index (χ2v) is 6.18. The summed E-state index contributed by atoms with van der Waals surface area (Å²) >= 11 is 0. The first-order valence-electron chi connectivity index (χ1n) is 7.87. The molecule has 1 fully saturated rings. The zero-order valence-electron chi connectivity index (χ0n) is 12.6. The summed E-state index contributed by atoms with van der Waals surface area (Å²) in [5.74, 6) is 0.984. The number of carbonyl (C=O) groups is 1. The van der Waals surface area contributed by atoms with E-state index < -0.39 is 0 Å². The minimum Gasteiger partial charge on any atom is -0.316 e. The van der Waals surface area contributed by atoms with Gasteiger partial charge in [-0.15, -0.1) is 0 Å². The van der Waals surface area contributed by atoms with Crippen molar-refractivity contribution in [3.05, 3.63) is 0 Å². The molecule has 0 aromatic rings. The fourth-order valence-corrected chi connectivity index (χ4v) is 3.08. The van der Waals surface area contributed by atoms with Crippen LogP contribution in [0.2, 0.25) is 0 Å². The molecule has 1 aliphatic heterocycles. The van der Waals surface area contributed by atoms with Crippen LogP contribution in [-0.4, -0.2) is 18.9 Å². The van der Waals surface area contributed by atoms with E-state index in [9.17, 15) is 4.79 Å². The fraction of sp³-hybridized carbons (Fsp3) is 0.938. The van der Waals surface area contributed by atoms with Gasteiger partial charge in [-0.2, -0.15) is 0 Å². The summed E-state index contributed by atoms with van der Waals surface area (Å²) in [5.41, 5.74) is -0.0522. The van der Waals surface area contributed by atoms with Crippen LogP contribution in [0.5, 0.6) is 0 Å². The summed E-state index contributed by atoms with van der Waals surface area (Å²) in [6.45, 7) is 8.56. The monoisotopic (exact) mass is 253 g/mol. The molecule has 0 aromatic carbocycles. The lowest BCUT2D eigenvalue weighted by Crippen LogP contribution is -2.38. The molecule has 1 saturated heterocycles. The Labute approximate surface area is 113 Å². The van der Waals surface area contributed by atoms with Gasteiger partial charge in [-0.05, 0) is 25.3 Å². The van der Waals surface area contributed by atoms with Crippen molar-refractivity contribution >= 4 is 5.78 Å². The Morgan fingerprint density at radius 2 is 1.83 bits per heavy atom. The summed E-state index contributed by atoms with van der Waals surface area (Å²) < 4.78 is 0. The van der Waals surface area contributed by atoms with Crippen molar-refractivity contribution in [3.8, 4) is 0 Å². The predicted octanol–water partition coefficient (Wildman–Crippen LogP) is 3.94. The van der Waals surface area contributed by atoms with E-state index in [1.54, 1.807) is 0 Å². The Balaban J connectivity index is 2.26. The van der Waals surface area contributed by atoms with Crippen molar-refractivity contribution in [2.75, 3.05) is 13.1 Å². The van der Waals surface area contributed by atoms with Crippen molar-refractivity contribution in [2.24, 2.45) is 11.3 Å². The zero-order chi connectivity index (χ0) is 13.4. The van der Waals surface area contributed by atoms with Gasteiger partial charge >= 0.3 is 0 Å². The Morgan fingerprint density at radius 1 is 1.17 bits per heavy atom. The standard InChI is InChI=1S/C16H31NO/c1-4-5-6-7-8-9-10-15(18)16(14(2)3)11-12-17-13-16/h14,17H,4-13H2,1-3H3. The Morgan fingerprint density at radius 3 is 2.39 bits per heavy atom. The molecule has 0 bridgehead atoms. The maximum atomic E-state index is 12.5. The first-order valence-corrected chi connectivity index (χ1v) is 7.87. The van der Waals surface area contributed by atoms with Crippen molar-refractivity contribution < 1.29 is 4.79 Å². The second-order valence-electron chi connectivity index (χ2n) is 6.18. The van der Waals surface area contributed by atoms with Gasteiger partial charge in [0.05, 0.1) is 0 Å². The second kappa shape index (κ2) is 7.93. The van der Waals surface area contributed by atoms with Crippen molar-refractivity contribution in [2.45, 2.75) is 72.1 Å². The maximum Gasteiger partial charge on any atom is 0.140 e. The quantitative estimate of drug-likeness (QED) is 0.631. The average molecular weight is 253 g/mol. The van der Waals surface area contributed by atoms with E-state index >= 15 is 0 Å². The van der Waals surface area contributed by atoms with Crippen LogP contribution in [0.1, 0.15) is 72.1 Å². The minimum atomic E-state index is -0.0522. The highest BCUT2D eigenvalue weighted by molar-refractivity contribution is 5.85. The Kier molecular flexibility index (Phi) is 6.91. The fourth-order valence-electron chi connectivity index (χ4n) is 3.08.